The van der Waals surface area contributed by atoms with Crippen molar-refractivity contribution in [2.45, 2.75) is 33.2 Å². The van der Waals surface area contributed by atoms with Crippen molar-refractivity contribution in [1.29, 1.82) is 0 Å². The van der Waals surface area contributed by atoms with Crippen molar-refractivity contribution >= 4 is 17.2 Å². The summed E-state index contributed by atoms with van der Waals surface area (Å²) in [5, 5.41) is 10.2. The zero-order valence-electron chi connectivity index (χ0n) is 16.4. The maximum Gasteiger partial charge on any atom is 0.226 e. The van der Waals surface area contributed by atoms with E-state index in [-0.39, 0.29) is 12.3 Å². The Morgan fingerprint density at radius 1 is 1.32 bits per heavy atom. The van der Waals surface area contributed by atoms with E-state index >= 15 is 0 Å². The van der Waals surface area contributed by atoms with E-state index in [9.17, 15) is 4.79 Å². The Morgan fingerprint density at radius 2 is 2.07 bits per heavy atom. The van der Waals surface area contributed by atoms with Gasteiger partial charge in [-0.15, -0.1) is 17.9 Å². The van der Waals surface area contributed by atoms with Gasteiger partial charge in [0.15, 0.2) is 0 Å². The van der Waals surface area contributed by atoms with Crippen LogP contribution in [0.4, 0.5) is 0 Å². The van der Waals surface area contributed by atoms with Crippen molar-refractivity contribution in [3.63, 3.8) is 0 Å². The molecule has 28 heavy (non-hydrogen) atoms. The molecule has 6 nitrogen and oxygen atoms in total. The fraction of sp³-hybridized carbons (Fsp3) is 0.286. The molecule has 0 fully saturated rings. The molecule has 0 atom stereocenters. The first-order chi connectivity index (χ1) is 13.5. The minimum Gasteiger partial charge on any atom is -0.497 e. The lowest BCUT2D eigenvalue weighted by atomic mass is 10.1. The molecule has 2 aromatic heterocycles. The van der Waals surface area contributed by atoms with Gasteiger partial charge in [-0.25, -0.2) is 9.67 Å². The molecule has 0 spiro atoms. The van der Waals surface area contributed by atoms with Gasteiger partial charge in [0.05, 0.1) is 24.9 Å². The Bertz CT molecular complexity index is 973. The highest BCUT2D eigenvalue weighted by molar-refractivity contribution is 7.12. The number of rotatable bonds is 8. The first-order valence-corrected chi connectivity index (χ1v) is 9.90. The Balaban J connectivity index is 1.61. The van der Waals surface area contributed by atoms with Gasteiger partial charge in [-0.2, -0.15) is 5.10 Å². The maximum atomic E-state index is 12.3. The van der Waals surface area contributed by atoms with Crippen LogP contribution in [0.2, 0.25) is 0 Å². The fourth-order valence-electron chi connectivity index (χ4n) is 2.95. The van der Waals surface area contributed by atoms with E-state index < -0.39 is 0 Å². The minimum absolute atomic E-state index is 0.0617. The molecule has 0 aliphatic carbocycles. The Morgan fingerprint density at radius 3 is 2.75 bits per heavy atom. The minimum atomic E-state index is -0.0617. The number of benzene rings is 1. The van der Waals surface area contributed by atoms with E-state index in [1.54, 1.807) is 7.11 Å². The predicted octanol–water partition coefficient (Wildman–Crippen LogP) is 3.54. The monoisotopic (exact) mass is 396 g/mol. The molecule has 0 bridgehead atoms. The third-order valence-corrected chi connectivity index (χ3v) is 5.37. The summed E-state index contributed by atoms with van der Waals surface area (Å²) in [7, 11) is 1.63. The van der Waals surface area contributed by atoms with Crippen molar-refractivity contribution in [2.75, 3.05) is 7.11 Å². The number of amides is 1. The Labute approximate surface area is 168 Å². The third-order valence-electron chi connectivity index (χ3n) is 4.50. The largest absolute Gasteiger partial charge is 0.497 e. The first kappa shape index (κ1) is 19.8. The molecule has 0 unspecified atom stereocenters. The van der Waals surface area contributed by atoms with E-state index in [4.69, 9.17) is 4.74 Å². The molecule has 1 aromatic carbocycles. The molecule has 0 aliphatic heterocycles. The lowest BCUT2D eigenvalue weighted by Crippen LogP contribution is -2.24. The smallest absolute Gasteiger partial charge is 0.226 e. The zero-order valence-corrected chi connectivity index (χ0v) is 17.2. The van der Waals surface area contributed by atoms with Crippen LogP contribution in [0.15, 0.2) is 42.3 Å². The molecule has 1 amide bonds. The van der Waals surface area contributed by atoms with Crippen LogP contribution in [0.1, 0.15) is 28.2 Å². The van der Waals surface area contributed by atoms with Crippen molar-refractivity contribution in [3.05, 3.63) is 70.5 Å². The normalized spacial score (nSPS) is 10.7. The number of ether oxygens (including phenoxy) is 1. The molecule has 146 valence electrons. The van der Waals surface area contributed by atoms with Crippen molar-refractivity contribution in [2.24, 2.45) is 0 Å². The number of aromatic nitrogens is 3. The molecule has 0 radical (unpaired) electrons. The van der Waals surface area contributed by atoms with Crippen molar-refractivity contribution in [3.8, 4) is 10.9 Å². The third kappa shape index (κ3) is 4.48. The highest BCUT2D eigenvalue weighted by Crippen LogP contribution is 2.21. The molecule has 3 rings (SSSR count). The summed E-state index contributed by atoms with van der Waals surface area (Å²) in [6.45, 7) is 8.30. The first-order valence-electron chi connectivity index (χ1n) is 9.02. The average molecular weight is 397 g/mol. The van der Waals surface area contributed by atoms with E-state index in [1.807, 2.05) is 54.3 Å². The number of nitrogens with one attached hydrogen (secondary N) is 1. The number of allylic oxidation sites excluding steroid dienone is 1. The van der Waals surface area contributed by atoms with Crippen molar-refractivity contribution < 1.29 is 9.53 Å². The van der Waals surface area contributed by atoms with Crippen LogP contribution in [0.3, 0.4) is 0 Å². The molecule has 7 heteroatoms. The highest BCUT2D eigenvalue weighted by Gasteiger charge is 2.15. The molecule has 2 heterocycles. The number of thiazole rings is 1. The molecule has 0 saturated heterocycles. The maximum absolute atomic E-state index is 12.3. The number of carbonyl (C=O) groups is 1. The summed E-state index contributed by atoms with van der Waals surface area (Å²) >= 11 is 1.49. The van der Waals surface area contributed by atoms with Gasteiger partial charge in [0.25, 0.3) is 0 Å². The summed E-state index contributed by atoms with van der Waals surface area (Å²) in [4.78, 5) is 16.8. The van der Waals surface area contributed by atoms with E-state index in [0.717, 1.165) is 39.9 Å². The topological polar surface area (TPSA) is 69.0 Å². The quantitative estimate of drug-likeness (QED) is 0.591. The summed E-state index contributed by atoms with van der Waals surface area (Å²) in [5.41, 5.74) is 4.97. The van der Waals surface area contributed by atoms with Gasteiger partial charge in [0.1, 0.15) is 5.75 Å². The van der Waals surface area contributed by atoms with Gasteiger partial charge >= 0.3 is 0 Å². The van der Waals surface area contributed by atoms with E-state index in [1.165, 1.54) is 16.9 Å². The summed E-state index contributed by atoms with van der Waals surface area (Å²) in [6, 6.07) is 7.62. The number of hydrogen-bond donors (Lipinski definition) is 1. The number of aryl methyl sites for hydroxylation is 1. The van der Waals surface area contributed by atoms with Crippen LogP contribution in [-0.4, -0.2) is 27.8 Å². The number of methoxy groups -OCH3 is 1. The van der Waals surface area contributed by atoms with E-state index in [0.29, 0.717) is 6.54 Å². The lowest BCUT2D eigenvalue weighted by molar-refractivity contribution is -0.120. The van der Waals surface area contributed by atoms with Crippen LogP contribution in [0.5, 0.6) is 5.75 Å². The average Bonchev–Trinajstić information content (AvgIpc) is 3.26. The molecule has 0 aliphatic rings. The zero-order chi connectivity index (χ0) is 20.1. The van der Waals surface area contributed by atoms with Crippen molar-refractivity contribution in [1.82, 2.24) is 20.1 Å². The standard InChI is InChI=1S/C21H24N4O2S/c1-5-6-19-14(2)24-25(15(19)3)21-23-17(13-28-21)11-20(26)22-12-16-7-9-18(27-4)10-8-16/h5,7-10,13H,1,6,11-12H2,2-4H3,(H,22,26). The second-order valence-corrected chi connectivity index (χ2v) is 7.31. The van der Waals surface area contributed by atoms with Gasteiger partial charge in [-0.3, -0.25) is 4.79 Å². The lowest BCUT2D eigenvalue weighted by Gasteiger charge is -2.05. The van der Waals surface area contributed by atoms with Crippen LogP contribution in [-0.2, 0) is 24.2 Å². The molecular formula is C21H24N4O2S. The number of carbonyl (C=O) groups excluding carboxylic acids is 1. The number of hydrogen-bond acceptors (Lipinski definition) is 5. The second kappa shape index (κ2) is 8.84. The van der Waals surface area contributed by atoms with Gasteiger partial charge in [-0.1, -0.05) is 18.2 Å². The summed E-state index contributed by atoms with van der Waals surface area (Å²) < 4.78 is 6.98. The molecular weight excluding hydrogens is 372 g/mol. The molecule has 3 aromatic rings. The van der Waals surface area contributed by atoms with Crippen LogP contribution in [0, 0.1) is 13.8 Å². The van der Waals surface area contributed by atoms with Crippen LogP contribution < -0.4 is 10.1 Å². The summed E-state index contributed by atoms with van der Waals surface area (Å²) in [5.74, 6) is 0.735. The summed E-state index contributed by atoms with van der Waals surface area (Å²) in [6.07, 6.45) is 2.90. The fourth-order valence-corrected chi connectivity index (χ4v) is 3.77. The van der Waals surface area contributed by atoms with Crippen LogP contribution in [0.25, 0.3) is 5.13 Å². The van der Waals surface area contributed by atoms with Gasteiger partial charge in [0.2, 0.25) is 11.0 Å². The van der Waals surface area contributed by atoms with Crippen LogP contribution >= 0.6 is 11.3 Å². The molecule has 1 N–H and O–H groups in total. The van der Waals surface area contributed by atoms with Gasteiger partial charge in [0, 0.05) is 23.2 Å². The number of nitrogens with zero attached hydrogens (tertiary/aromatic N) is 3. The van der Waals surface area contributed by atoms with Gasteiger partial charge in [-0.05, 0) is 38.0 Å². The second-order valence-electron chi connectivity index (χ2n) is 6.48. The SMILES string of the molecule is C=CCc1c(C)nn(-c2nc(CC(=O)NCc3ccc(OC)cc3)cs2)c1C. The molecule has 0 saturated carbocycles. The van der Waals surface area contributed by atoms with E-state index in [2.05, 4.69) is 22.0 Å². The Hall–Kier alpha value is -2.93. The Kier molecular flexibility index (Phi) is 6.26. The van der Waals surface area contributed by atoms with Gasteiger partial charge < -0.3 is 10.1 Å². The predicted molar refractivity (Wildman–Crippen MR) is 111 cm³/mol. The highest BCUT2D eigenvalue weighted by atomic mass is 32.1.